The summed E-state index contributed by atoms with van der Waals surface area (Å²) in [5, 5.41) is 18.4. The quantitative estimate of drug-likeness (QED) is 0.841. The highest BCUT2D eigenvalue weighted by molar-refractivity contribution is 5.38. The SMILES string of the molecule is CCC1(c2nc(N3CCCCC3)cc(=N)n2O)CCCCO1. The van der Waals surface area contributed by atoms with Crippen LogP contribution in [0.4, 0.5) is 5.82 Å². The summed E-state index contributed by atoms with van der Waals surface area (Å²) in [6.07, 6.45) is 7.29. The van der Waals surface area contributed by atoms with Gasteiger partial charge in [-0.15, -0.1) is 0 Å². The molecule has 0 saturated carbocycles. The highest BCUT2D eigenvalue weighted by Crippen LogP contribution is 2.37. The van der Waals surface area contributed by atoms with Gasteiger partial charge in [-0.25, -0.2) is 4.98 Å². The molecule has 0 radical (unpaired) electrons. The molecule has 0 aromatic carbocycles. The maximum Gasteiger partial charge on any atom is 0.181 e. The van der Waals surface area contributed by atoms with E-state index in [-0.39, 0.29) is 5.49 Å². The molecule has 0 aliphatic carbocycles. The maximum atomic E-state index is 10.3. The Labute approximate surface area is 131 Å². The Bertz CT molecular complexity index is 572. The van der Waals surface area contributed by atoms with Crippen molar-refractivity contribution in [2.24, 2.45) is 0 Å². The zero-order chi connectivity index (χ0) is 15.6. The van der Waals surface area contributed by atoms with E-state index in [0.29, 0.717) is 12.4 Å². The number of nitrogens with zero attached hydrogens (tertiary/aromatic N) is 3. The third-order valence-corrected chi connectivity index (χ3v) is 4.93. The van der Waals surface area contributed by atoms with Crippen LogP contribution in [0.25, 0.3) is 0 Å². The number of hydrogen-bond donors (Lipinski definition) is 2. The van der Waals surface area contributed by atoms with Crippen LogP contribution in [-0.4, -0.2) is 34.6 Å². The first-order valence-corrected chi connectivity index (χ1v) is 8.43. The molecule has 2 aliphatic heterocycles. The average Bonchev–Trinajstić information content (AvgIpc) is 2.58. The Morgan fingerprint density at radius 3 is 2.68 bits per heavy atom. The predicted molar refractivity (Wildman–Crippen MR) is 83.1 cm³/mol. The van der Waals surface area contributed by atoms with Gasteiger partial charge in [0.2, 0.25) is 0 Å². The molecule has 22 heavy (non-hydrogen) atoms. The zero-order valence-electron chi connectivity index (χ0n) is 13.3. The van der Waals surface area contributed by atoms with Crippen molar-refractivity contribution in [2.75, 3.05) is 24.6 Å². The van der Waals surface area contributed by atoms with Crippen LogP contribution in [-0.2, 0) is 10.3 Å². The highest BCUT2D eigenvalue weighted by atomic mass is 16.5. The van der Waals surface area contributed by atoms with Crippen LogP contribution in [0, 0.1) is 5.41 Å². The molecule has 1 atom stereocenters. The summed E-state index contributed by atoms with van der Waals surface area (Å²) in [6.45, 7) is 4.70. The van der Waals surface area contributed by atoms with Crippen molar-refractivity contribution in [3.63, 3.8) is 0 Å². The van der Waals surface area contributed by atoms with Crippen molar-refractivity contribution < 1.29 is 9.94 Å². The van der Waals surface area contributed by atoms with Gasteiger partial charge in [-0.2, -0.15) is 4.73 Å². The molecule has 122 valence electrons. The van der Waals surface area contributed by atoms with Crippen molar-refractivity contribution in [2.45, 2.75) is 57.5 Å². The van der Waals surface area contributed by atoms with Crippen LogP contribution < -0.4 is 10.4 Å². The third-order valence-electron chi connectivity index (χ3n) is 4.93. The molecule has 3 rings (SSSR count). The lowest BCUT2D eigenvalue weighted by Crippen LogP contribution is -2.41. The van der Waals surface area contributed by atoms with Crippen LogP contribution in [0.1, 0.15) is 57.7 Å². The molecule has 1 unspecified atom stereocenters. The minimum atomic E-state index is -0.561. The van der Waals surface area contributed by atoms with Gasteiger partial charge in [-0.1, -0.05) is 6.92 Å². The van der Waals surface area contributed by atoms with E-state index < -0.39 is 5.60 Å². The Morgan fingerprint density at radius 1 is 1.27 bits per heavy atom. The van der Waals surface area contributed by atoms with Crippen molar-refractivity contribution >= 4 is 5.82 Å². The maximum absolute atomic E-state index is 10.3. The van der Waals surface area contributed by atoms with E-state index in [0.717, 1.165) is 62.2 Å². The number of anilines is 1. The van der Waals surface area contributed by atoms with Crippen molar-refractivity contribution in [3.8, 4) is 0 Å². The van der Waals surface area contributed by atoms with E-state index in [2.05, 4.69) is 11.8 Å². The molecule has 0 amide bonds. The fraction of sp³-hybridized carbons (Fsp3) is 0.750. The molecule has 1 aromatic rings. The summed E-state index contributed by atoms with van der Waals surface area (Å²) in [6, 6.07) is 1.65. The summed E-state index contributed by atoms with van der Waals surface area (Å²) in [5.41, 5.74) is -0.484. The van der Waals surface area contributed by atoms with E-state index >= 15 is 0 Å². The number of aromatic nitrogens is 2. The van der Waals surface area contributed by atoms with Gasteiger partial charge >= 0.3 is 0 Å². The van der Waals surface area contributed by atoms with E-state index in [4.69, 9.17) is 15.1 Å². The van der Waals surface area contributed by atoms with E-state index in [9.17, 15) is 5.21 Å². The van der Waals surface area contributed by atoms with Gasteiger partial charge in [0.25, 0.3) is 0 Å². The first kappa shape index (κ1) is 15.3. The van der Waals surface area contributed by atoms with Gasteiger partial charge in [-0.3, -0.25) is 5.41 Å². The number of hydrogen-bond acceptors (Lipinski definition) is 5. The summed E-state index contributed by atoms with van der Waals surface area (Å²) in [5.74, 6) is 1.29. The Kier molecular flexibility index (Phi) is 4.38. The molecule has 2 N–H and O–H groups in total. The van der Waals surface area contributed by atoms with Gasteiger partial charge in [-0.05, 0) is 44.9 Å². The molecule has 0 spiro atoms. The van der Waals surface area contributed by atoms with Crippen molar-refractivity contribution in [3.05, 3.63) is 17.4 Å². The monoisotopic (exact) mass is 306 g/mol. The third kappa shape index (κ3) is 2.72. The molecular formula is C16H26N4O2. The molecule has 3 heterocycles. The minimum absolute atomic E-state index is 0.0765. The normalized spacial score (nSPS) is 26.1. The van der Waals surface area contributed by atoms with Gasteiger partial charge < -0.3 is 14.8 Å². The van der Waals surface area contributed by atoms with Crippen LogP contribution in [0.2, 0.25) is 0 Å². The molecule has 2 aliphatic rings. The van der Waals surface area contributed by atoms with Gasteiger partial charge in [0.15, 0.2) is 11.3 Å². The molecule has 6 heteroatoms. The summed E-state index contributed by atoms with van der Waals surface area (Å²) in [4.78, 5) is 6.94. The number of rotatable bonds is 3. The lowest BCUT2D eigenvalue weighted by atomic mass is 9.90. The molecule has 1 aromatic heterocycles. The summed E-state index contributed by atoms with van der Waals surface area (Å²) < 4.78 is 6.94. The fourth-order valence-corrected chi connectivity index (χ4v) is 3.53. The lowest BCUT2D eigenvalue weighted by molar-refractivity contribution is -0.104. The second-order valence-corrected chi connectivity index (χ2v) is 6.34. The summed E-state index contributed by atoms with van der Waals surface area (Å²) in [7, 11) is 0. The van der Waals surface area contributed by atoms with E-state index in [1.807, 2.05) is 0 Å². The standard InChI is InChI=1S/C16H26N4O2/c1-2-16(8-4-7-11-22-16)15-18-14(12-13(17)20(15)21)19-9-5-3-6-10-19/h12,17,21H,2-11H2,1H3. The molecule has 2 saturated heterocycles. The Morgan fingerprint density at radius 2 is 2.05 bits per heavy atom. The lowest BCUT2D eigenvalue weighted by Gasteiger charge is -2.37. The average molecular weight is 306 g/mol. The molecule has 6 nitrogen and oxygen atoms in total. The van der Waals surface area contributed by atoms with Crippen LogP contribution in [0.5, 0.6) is 0 Å². The topological polar surface area (TPSA) is 74.4 Å². The van der Waals surface area contributed by atoms with Gasteiger partial charge in [0.05, 0.1) is 0 Å². The zero-order valence-corrected chi connectivity index (χ0v) is 13.3. The molecular weight excluding hydrogens is 280 g/mol. The van der Waals surface area contributed by atoms with Crippen molar-refractivity contribution in [1.82, 2.24) is 9.71 Å². The van der Waals surface area contributed by atoms with Gasteiger partial charge in [0, 0.05) is 25.8 Å². The summed E-state index contributed by atoms with van der Waals surface area (Å²) >= 11 is 0. The number of ether oxygens (including phenoxy) is 1. The van der Waals surface area contributed by atoms with Crippen molar-refractivity contribution in [1.29, 1.82) is 5.41 Å². The second kappa shape index (κ2) is 6.28. The number of piperidine rings is 1. The first-order chi connectivity index (χ1) is 10.7. The van der Waals surface area contributed by atoms with Crippen LogP contribution in [0.15, 0.2) is 6.07 Å². The highest BCUT2D eigenvalue weighted by Gasteiger charge is 2.38. The Balaban J connectivity index is 2.02. The Hall–Kier alpha value is -1.56. The van der Waals surface area contributed by atoms with E-state index in [1.165, 1.54) is 6.42 Å². The van der Waals surface area contributed by atoms with Crippen LogP contribution in [0.3, 0.4) is 0 Å². The predicted octanol–water partition coefficient (Wildman–Crippen LogP) is 2.40. The molecule has 2 fully saturated rings. The van der Waals surface area contributed by atoms with Crippen LogP contribution >= 0.6 is 0 Å². The largest absolute Gasteiger partial charge is 0.425 e. The fourth-order valence-electron chi connectivity index (χ4n) is 3.53. The number of nitrogens with one attached hydrogen (secondary N) is 1. The minimum Gasteiger partial charge on any atom is -0.425 e. The van der Waals surface area contributed by atoms with Gasteiger partial charge in [0.1, 0.15) is 11.4 Å². The smallest absolute Gasteiger partial charge is 0.181 e. The second-order valence-electron chi connectivity index (χ2n) is 6.34. The van der Waals surface area contributed by atoms with E-state index in [1.54, 1.807) is 6.07 Å². The first-order valence-electron chi connectivity index (χ1n) is 8.43. The molecule has 0 bridgehead atoms.